The normalized spacial score (nSPS) is 27.4. The number of carbonyl (C=O) groups is 2. The van der Waals surface area contributed by atoms with Crippen molar-refractivity contribution in [1.29, 1.82) is 0 Å². The van der Waals surface area contributed by atoms with Crippen LogP contribution >= 0.6 is 0 Å². The van der Waals surface area contributed by atoms with Crippen molar-refractivity contribution >= 4 is 11.9 Å². The zero-order valence-electron chi connectivity index (χ0n) is 22.1. The Kier molecular flexibility index (Phi) is 12.2. The first-order valence-electron chi connectivity index (χ1n) is 11.7. The predicted octanol–water partition coefficient (Wildman–Crippen LogP) is 3.00. The minimum atomic E-state index is -1.58. The number of hydrogen-bond donors (Lipinski definition) is 3. The molecule has 0 aromatic heterocycles. The highest BCUT2D eigenvalue weighted by Gasteiger charge is 2.51. The molecule has 36 heavy (non-hydrogen) atoms. The van der Waals surface area contributed by atoms with Gasteiger partial charge < -0.3 is 29.2 Å². The van der Waals surface area contributed by atoms with E-state index in [9.17, 15) is 19.8 Å². The molecule has 0 aromatic carbocycles. The third kappa shape index (κ3) is 8.65. The molecule has 0 bridgehead atoms. The number of aliphatic hydroxyl groups excluding tert-OH is 2. The Morgan fingerprint density at radius 1 is 1.03 bits per heavy atom. The molecular formula is C26H40O10. The van der Waals surface area contributed by atoms with E-state index in [-0.39, 0.29) is 17.6 Å². The maximum absolute atomic E-state index is 12.6. The molecule has 1 fully saturated rings. The second-order valence-corrected chi connectivity index (χ2v) is 9.34. The van der Waals surface area contributed by atoms with Gasteiger partial charge in [0.05, 0.1) is 12.2 Å². The third-order valence-electron chi connectivity index (χ3n) is 5.89. The van der Waals surface area contributed by atoms with Gasteiger partial charge in [-0.25, -0.2) is 14.5 Å². The Morgan fingerprint density at radius 3 is 2.00 bits per heavy atom. The molecule has 10 heteroatoms. The lowest BCUT2D eigenvalue weighted by Gasteiger charge is -2.45. The van der Waals surface area contributed by atoms with E-state index in [1.807, 2.05) is 0 Å². The monoisotopic (exact) mass is 512 g/mol. The molecule has 0 radical (unpaired) electrons. The Bertz CT molecular complexity index is 859. The molecule has 0 aliphatic carbocycles. The van der Waals surface area contributed by atoms with Crippen molar-refractivity contribution in [3.05, 3.63) is 48.1 Å². The highest BCUT2D eigenvalue weighted by Crippen LogP contribution is 2.32. The van der Waals surface area contributed by atoms with E-state index in [1.54, 1.807) is 59.8 Å². The van der Waals surface area contributed by atoms with Gasteiger partial charge in [-0.2, -0.15) is 0 Å². The van der Waals surface area contributed by atoms with Crippen LogP contribution in [-0.2, 0) is 33.4 Å². The Hall–Kier alpha value is -2.34. The summed E-state index contributed by atoms with van der Waals surface area (Å²) in [6.45, 7) is 14.6. The van der Waals surface area contributed by atoms with E-state index in [4.69, 9.17) is 24.2 Å². The van der Waals surface area contributed by atoms with Gasteiger partial charge in [-0.3, -0.25) is 5.26 Å². The van der Waals surface area contributed by atoms with Crippen LogP contribution in [0.1, 0.15) is 54.9 Å². The van der Waals surface area contributed by atoms with Crippen LogP contribution < -0.4 is 0 Å². The maximum atomic E-state index is 12.6. The van der Waals surface area contributed by atoms with E-state index in [0.717, 1.165) is 0 Å². The van der Waals surface area contributed by atoms with Crippen molar-refractivity contribution in [3.8, 4) is 0 Å². The fraction of sp³-hybridized carbons (Fsp3) is 0.615. The number of rotatable bonds is 12. The molecule has 1 aliphatic rings. The van der Waals surface area contributed by atoms with Crippen molar-refractivity contribution in [2.75, 3.05) is 6.61 Å². The zero-order chi connectivity index (χ0) is 27.7. The first-order valence-corrected chi connectivity index (χ1v) is 11.7. The minimum absolute atomic E-state index is 0.251. The molecule has 0 spiro atoms. The van der Waals surface area contributed by atoms with Crippen LogP contribution in [-0.4, -0.2) is 75.9 Å². The molecule has 1 aliphatic heterocycles. The van der Waals surface area contributed by atoms with Gasteiger partial charge in [0.1, 0.15) is 17.8 Å². The van der Waals surface area contributed by atoms with E-state index in [1.165, 1.54) is 19.1 Å². The lowest BCUT2D eigenvalue weighted by molar-refractivity contribution is -0.321. The van der Waals surface area contributed by atoms with Gasteiger partial charge in [0.25, 0.3) is 0 Å². The molecule has 1 saturated heterocycles. The number of carbonyl (C=O) groups excluding carboxylic acids is 2. The zero-order valence-corrected chi connectivity index (χ0v) is 22.1. The average Bonchev–Trinajstić information content (AvgIpc) is 2.86. The second-order valence-electron chi connectivity index (χ2n) is 9.34. The summed E-state index contributed by atoms with van der Waals surface area (Å²) in [5.41, 5.74) is -1.45. The van der Waals surface area contributed by atoms with Crippen molar-refractivity contribution in [3.63, 3.8) is 0 Å². The highest BCUT2D eigenvalue weighted by molar-refractivity contribution is 5.88. The average molecular weight is 513 g/mol. The van der Waals surface area contributed by atoms with E-state index >= 15 is 0 Å². The van der Waals surface area contributed by atoms with Crippen LogP contribution in [0, 0.1) is 0 Å². The fourth-order valence-corrected chi connectivity index (χ4v) is 3.14. The van der Waals surface area contributed by atoms with Crippen molar-refractivity contribution in [2.45, 2.75) is 96.8 Å². The fourth-order valence-electron chi connectivity index (χ4n) is 3.14. The van der Waals surface area contributed by atoms with Crippen LogP contribution in [0.3, 0.4) is 0 Å². The van der Waals surface area contributed by atoms with Gasteiger partial charge >= 0.3 is 11.9 Å². The number of ether oxygens (including phenoxy) is 4. The molecule has 6 atom stereocenters. The highest BCUT2D eigenvalue weighted by atomic mass is 17.1. The van der Waals surface area contributed by atoms with E-state index in [0.29, 0.717) is 0 Å². The van der Waals surface area contributed by atoms with Gasteiger partial charge in [-0.05, 0) is 54.9 Å². The van der Waals surface area contributed by atoms with Gasteiger partial charge in [0.2, 0.25) is 0 Å². The van der Waals surface area contributed by atoms with Crippen molar-refractivity contribution in [2.24, 2.45) is 0 Å². The lowest BCUT2D eigenvalue weighted by Crippen LogP contribution is -2.62. The molecule has 3 N–H and O–H groups in total. The van der Waals surface area contributed by atoms with Crippen molar-refractivity contribution < 1.29 is 48.9 Å². The molecule has 0 saturated carbocycles. The number of aliphatic hydroxyl groups is 2. The summed E-state index contributed by atoms with van der Waals surface area (Å²) in [6.07, 6.45) is 1.33. The number of hydrogen-bond acceptors (Lipinski definition) is 10. The SMILES string of the molecule is C=CC(C)(CC=CC(C)(C)OO)OC1OC(CO)C(OC(=O)C(C)=CC)C(OC(=O)C(C)=CC)C1O. The standard InChI is InChI=1S/C26H40O10/c1-9-16(4)22(29)33-20-18(15-27)32-24(19(28)21(20)34-23(30)17(5)10-2)35-26(8,11-3)14-12-13-25(6,7)36-31/h9-13,18-21,24,27-28,31H,3,14-15H2,1-2,4-8H3. The Labute approximate surface area is 212 Å². The lowest BCUT2D eigenvalue weighted by atomic mass is 9.96. The number of allylic oxidation sites excluding steroid dienone is 2. The summed E-state index contributed by atoms with van der Waals surface area (Å²) in [6, 6.07) is 0. The van der Waals surface area contributed by atoms with E-state index < -0.39 is 60.5 Å². The molecule has 0 amide bonds. The first-order chi connectivity index (χ1) is 16.8. The molecule has 1 rings (SSSR count). The van der Waals surface area contributed by atoms with Gasteiger partial charge in [-0.15, -0.1) is 6.58 Å². The second kappa shape index (κ2) is 13.8. The third-order valence-corrected chi connectivity index (χ3v) is 5.89. The summed E-state index contributed by atoms with van der Waals surface area (Å²) in [5, 5.41) is 30.1. The maximum Gasteiger partial charge on any atom is 0.333 e. The molecule has 10 nitrogen and oxygen atoms in total. The van der Waals surface area contributed by atoms with Crippen LogP contribution in [0.2, 0.25) is 0 Å². The van der Waals surface area contributed by atoms with Crippen LogP contribution in [0.4, 0.5) is 0 Å². The Morgan fingerprint density at radius 2 is 1.56 bits per heavy atom. The minimum Gasteiger partial charge on any atom is -0.452 e. The van der Waals surface area contributed by atoms with Gasteiger partial charge in [-0.1, -0.05) is 30.4 Å². The van der Waals surface area contributed by atoms with Gasteiger partial charge in [0.15, 0.2) is 18.5 Å². The van der Waals surface area contributed by atoms with Crippen LogP contribution in [0.25, 0.3) is 0 Å². The summed E-state index contributed by atoms with van der Waals surface area (Å²) in [5.74, 6) is -1.45. The largest absolute Gasteiger partial charge is 0.452 e. The number of esters is 2. The summed E-state index contributed by atoms with van der Waals surface area (Å²) in [4.78, 5) is 29.4. The molecule has 204 valence electrons. The van der Waals surface area contributed by atoms with Crippen LogP contribution in [0.5, 0.6) is 0 Å². The molecule has 6 unspecified atom stereocenters. The predicted molar refractivity (Wildman–Crippen MR) is 132 cm³/mol. The Balaban J connectivity index is 3.29. The molecule has 0 aromatic rings. The topological polar surface area (TPSA) is 141 Å². The quantitative estimate of drug-likeness (QED) is 0.117. The smallest absolute Gasteiger partial charge is 0.333 e. The van der Waals surface area contributed by atoms with Gasteiger partial charge in [0, 0.05) is 11.1 Å². The summed E-state index contributed by atoms with van der Waals surface area (Å²) in [7, 11) is 0. The molecular weight excluding hydrogens is 472 g/mol. The van der Waals surface area contributed by atoms with Crippen molar-refractivity contribution in [1.82, 2.24) is 0 Å². The van der Waals surface area contributed by atoms with Crippen LogP contribution in [0.15, 0.2) is 48.1 Å². The summed E-state index contributed by atoms with van der Waals surface area (Å²) >= 11 is 0. The van der Waals surface area contributed by atoms with E-state index in [2.05, 4.69) is 11.5 Å². The summed E-state index contributed by atoms with van der Waals surface area (Å²) < 4.78 is 22.8. The molecule has 1 heterocycles. The first kappa shape index (κ1) is 31.7.